The van der Waals surface area contributed by atoms with E-state index in [1.165, 1.54) is 82.0 Å². The Bertz CT molecular complexity index is 647. The van der Waals surface area contributed by atoms with Gasteiger partial charge in [-0.1, -0.05) is 71.9 Å². The molecule has 0 bridgehead atoms. The molecule has 1 aliphatic carbocycles. The first-order valence-corrected chi connectivity index (χ1v) is 14.2. The van der Waals surface area contributed by atoms with E-state index in [9.17, 15) is 0 Å². The lowest BCUT2D eigenvalue weighted by Crippen LogP contribution is -2.51. The van der Waals surface area contributed by atoms with Crippen molar-refractivity contribution in [1.82, 2.24) is 4.90 Å². The molecule has 1 saturated heterocycles. The van der Waals surface area contributed by atoms with E-state index < -0.39 is 0 Å². The van der Waals surface area contributed by atoms with E-state index >= 15 is 0 Å². The Balaban J connectivity index is 1.60. The van der Waals surface area contributed by atoms with E-state index in [0.29, 0.717) is 18.0 Å². The number of benzene rings is 1. The van der Waals surface area contributed by atoms with Gasteiger partial charge in [0.1, 0.15) is 0 Å². The molecule has 3 nitrogen and oxygen atoms in total. The molecule has 0 amide bonds. The fraction of sp³-hybridized carbons (Fsp3) is 0.800. The van der Waals surface area contributed by atoms with Gasteiger partial charge in [-0.05, 0) is 80.5 Å². The highest BCUT2D eigenvalue weighted by atomic mass is 15.2. The smallest absolute Gasteiger partial charge is 0.0417 e. The summed E-state index contributed by atoms with van der Waals surface area (Å²) in [6, 6.07) is 10.6. The average Bonchev–Trinajstić information content (AvgIpc) is 2.79. The molecule has 1 aromatic carbocycles. The average molecular weight is 456 g/mol. The Labute approximate surface area is 205 Å². The number of piperidine rings is 1. The molecular weight excluding hydrogens is 402 g/mol. The molecule has 1 unspecified atom stereocenters. The predicted octanol–water partition coefficient (Wildman–Crippen LogP) is 6.89. The van der Waals surface area contributed by atoms with E-state index in [0.717, 1.165) is 37.9 Å². The Morgan fingerprint density at radius 2 is 1.67 bits per heavy atom. The summed E-state index contributed by atoms with van der Waals surface area (Å²) in [5.41, 5.74) is 9.43. The Morgan fingerprint density at radius 1 is 0.939 bits per heavy atom. The summed E-state index contributed by atoms with van der Waals surface area (Å²) in [6.07, 6.45) is 14.9. The molecule has 1 heterocycles. The number of nitrogens with two attached hydrogens (primary N) is 1. The number of hydrogen-bond acceptors (Lipinski definition) is 3. The van der Waals surface area contributed by atoms with Crippen molar-refractivity contribution >= 4 is 5.69 Å². The van der Waals surface area contributed by atoms with Crippen LogP contribution in [-0.2, 0) is 6.42 Å². The lowest BCUT2D eigenvalue weighted by Gasteiger charge is -2.42. The summed E-state index contributed by atoms with van der Waals surface area (Å²) in [4.78, 5) is 5.37. The number of nitrogens with zero attached hydrogens (tertiary/aromatic N) is 2. The quantitative estimate of drug-likeness (QED) is 0.372. The van der Waals surface area contributed by atoms with Gasteiger partial charge in [-0.3, -0.25) is 4.90 Å². The molecule has 1 aromatic rings. The molecule has 2 fully saturated rings. The second kappa shape index (κ2) is 13.7. The van der Waals surface area contributed by atoms with Gasteiger partial charge in [-0.2, -0.15) is 0 Å². The standard InChI is InChI=1S/C30H53N3/c1-24(2)18-20-33(30-11-8-19-32(23-30)22-28(31)21-25(3)4)29-16-14-27(15-17-29)13-12-26-9-6-5-7-10-26/h14-17,24-26,28,30H,5-13,18-23,31H2,1-4H3/t28?,30-/m0/s1. The zero-order chi connectivity index (χ0) is 23.6. The first-order valence-electron chi connectivity index (χ1n) is 14.2. The molecule has 1 saturated carbocycles. The normalized spacial score (nSPS) is 21.6. The maximum atomic E-state index is 6.48. The van der Waals surface area contributed by atoms with Crippen LogP contribution in [0.5, 0.6) is 0 Å². The Hall–Kier alpha value is -1.06. The zero-order valence-corrected chi connectivity index (χ0v) is 22.3. The number of hydrogen-bond donors (Lipinski definition) is 1. The van der Waals surface area contributed by atoms with E-state index in [1.807, 2.05) is 0 Å². The van der Waals surface area contributed by atoms with Crippen LogP contribution in [0.4, 0.5) is 5.69 Å². The molecule has 0 spiro atoms. The highest BCUT2D eigenvalue weighted by molar-refractivity contribution is 5.49. The van der Waals surface area contributed by atoms with Crippen molar-refractivity contribution in [1.29, 1.82) is 0 Å². The van der Waals surface area contributed by atoms with Crippen molar-refractivity contribution in [2.24, 2.45) is 23.5 Å². The summed E-state index contributed by atoms with van der Waals surface area (Å²) in [6.45, 7) is 13.8. The van der Waals surface area contributed by atoms with Gasteiger partial charge >= 0.3 is 0 Å². The van der Waals surface area contributed by atoms with Crippen molar-refractivity contribution in [3.63, 3.8) is 0 Å². The second-order valence-electron chi connectivity index (χ2n) is 12.0. The van der Waals surface area contributed by atoms with Crippen molar-refractivity contribution in [2.75, 3.05) is 31.1 Å². The predicted molar refractivity (Wildman–Crippen MR) is 145 cm³/mol. The van der Waals surface area contributed by atoms with E-state index in [2.05, 4.69) is 61.8 Å². The highest BCUT2D eigenvalue weighted by Crippen LogP contribution is 2.29. The summed E-state index contributed by atoms with van der Waals surface area (Å²) < 4.78 is 0. The molecule has 0 aromatic heterocycles. The fourth-order valence-electron chi connectivity index (χ4n) is 6.08. The van der Waals surface area contributed by atoms with Gasteiger partial charge in [0, 0.05) is 37.4 Å². The maximum Gasteiger partial charge on any atom is 0.0417 e. The molecule has 2 N–H and O–H groups in total. The summed E-state index contributed by atoms with van der Waals surface area (Å²) >= 11 is 0. The number of rotatable bonds is 12. The van der Waals surface area contributed by atoms with Crippen molar-refractivity contribution in [3.05, 3.63) is 29.8 Å². The molecule has 2 aliphatic rings. The third-order valence-corrected chi connectivity index (χ3v) is 7.97. The van der Waals surface area contributed by atoms with Crippen LogP contribution in [0, 0.1) is 17.8 Å². The number of likely N-dealkylation sites (tertiary alicyclic amines) is 1. The van der Waals surface area contributed by atoms with Gasteiger partial charge in [0.05, 0.1) is 0 Å². The first kappa shape index (κ1) is 26.5. The Morgan fingerprint density at radius 3 is 2.33 bits per heavy atom. The van der Waals surface area contributed by atoms with Crippen LogP contribution >= 0.6 is 0 Å². The van der Waals surface area contributed by atoms with Crippen LogP contribution in [0.2, 0.25) is 0 Å². The molecule has 33 heavy (non-hydrogen) atoms. The highest BCUT2D eigenvalue weighted by Gasteiger charge is 2.27. The third kappa shape index (κ3) is 9.25. The zero-order valence-electron chi connectivity index (χ0n) is 22.3. The first-order chi connectivity index (χ1) is 15.9. The number of anilines is 1. The largest absolute Gasteiger partial charge is 0.367 e. The van der Waals surface area contributed by atoms with Gasteiger partial charge < -0.3 is 10.6 Å². The minimum atomic E-state index is 0.302. The molecule has 2 atom stereocenters. The molecule has 188 valence electrons. The molecule has 3 heteroatoms. The number of aryl methyl sites for hydroxylation is 1. The van der Waals surface area contributed by atoms with Gasteiger partial charge in [-0.15, -0.1) is 0 Å². The summed E-state index contributed by atoms with van der Waals surface area (Å²) in [5, 5.41) is 0. The third-order valence-electron chi connectivity index (χ3n) is 7.97. The van der Waals surface area contributed by atoms with Crippen LogP contribution in [-0.4, -0.2) is 43.2 Å². The van der Waals surface area contributed by atoms with Crippen LogP contribution in [0.15, 0.2) is 24.3 Å². The van der Waals surface area contributed by atoms with Crippen LogP contribution in [0.25, 0.3) is 0 Å². The van der Waals surface area contributed by atoms with Crippen LogP contribution in [0.1, 0.15) is 97.5 Å². The fourth-order valence-corrected chi connectivity index (χ4v) is 6.08. The van der Waals surface area contributed by atoms with Crippen LogP contribution in [0.3, 0.4) is 0 Å². The van der Waals surface area contributed by atoms with E-state index in [-0.39, 0.29) is 0 Å². The molecule has 3 rings (SSSR count). The Kier molecular flexibility index (Phi) is 11.0. The van der Waals surface area contributed by atoms with Gasteiger partial charge in [-0.25, -0.2) is 0 Å². The van der Waals surface area contributed by atoms with Gasteiger partial charge in [0.15, 0.2) is 0 Å². The topological polar surface area (TPSA) is 32.5 Å². The van der Waals surface area contributed by atoms with Crippen molar-refractivity contribution in [3.8, 4) is 0 Å². The summed E-state index contributed by atoms with van der Waals surface area (Å²) in [7, 11) is 0. The van der Waals surface area contributed by atoms with Gasteiger partial charge in [0.2, 0.25) is 0 Å². The van der Waals surface area contributed by atoms with E-state index in [1.54, 1.807) is 0 Å². The van der Waals surface area contributed by atoms with Crippen molar-refractivity contribution in [2.45, 2.75) is 110 Å². The van der Waals surface area contributed by atoms with E-state index in [4.69, 9.17) is 5.73 Å². The van der Waals surface area contributed by atoms with Crippen LogP contribution < -0.4 is 10.6 Å². The molecule has 1 aliphatic heterocycles. The van der Waals surface area contributed by atoms with Crippen molar-refractivity contribution < 1.29 is 0 Å². The molecular formula is C30H53N3. The molecule has 0 radical (unpaired) electrons. The maximum absolute atomic E-state index is 6.48. The summed E-state index contributed by atoms with van der Waals surface area (Å²) in [5.74, 6) is 2.39. The SMILES string of the molecule is CC(C)CCN(c1ccc(CCC2CCCCC2)cc1)[C@H]1CCCN(CC(N)CC(C)C)C1. The lowest BCUT2D eigenvalue weighted by molar-refractivity contribution is 0.187. The minimum absolute atomic E-state index is 0.302. The monoisotopic (exact) mass is 455 g/mol. The second-order valence-corrected chi connectivity index (χ2v) is 12.0. The minimum Gasteiger partial charge on any atom is -0.367 e. The van der Waals surface area contributed by atoms with Gasteiger partial charge in [0.25, 0.3) is 0 Å². The lowest BCUT2D eigenvalue weighted by atomic mass is 9.85.